The molecule has 1 aromatic heterocycles. The Bertz CT molecular complexity index is 1340. The van der Waals surface area contributed by atoms with Crippen molar-refractivity contribution in [3.63, 3.8) is 0 Å². The number of amides is 1. The summed E-state index contributed by atoms with van der Waals surface area (Å²) >= 11 is 0. The van der Waals surface area contributed by atoms with Crippen LogP contribution in [0.3, 0.4) is 0 Å². The quantitative estimate of drug-likeness (QED) is 0.466. The lowest BCUT2D eigenvalue weighted by molar-refractivity contribution is 0.102. The fraction of sp³-hybridized carbons (Fsp3) is 0.593. The summed E-state index contributed by atoms with van der Waals surface area (Å²) in [7, 11) is -3.68. The SMILES string of the molecule is Cc1cc(NC(=O)c2ccc(NS(=O)(=O)CCO)cc2N2CCC3(CC2)CC3)nc(N2CCC[C@@H]3C[C@@H]32)n1. The van der Waals surface area contributed by atoms with Gasteiger partial charge in [0, 0.05) is 37.4 Å². The van der Waals surface area contributed by atoms with Gasteiger partial charge in [0.2, 0.25) is 16.0 Å². The number of aromatic nitrogens is 2. The monoisotopic (exact) mass is 540 g/mol. The van der Waals surface area contributed by atoms with Gasteiger partial charge in [-0.15, -0.1) is 0 Å². The topological polar surface area (TPSA) is 128 Å². The average molecular weight is 541 g/mol. The number of anilines is 4. The Labute approximate surface area is 223 Å². The van der Waals surface area contributed by atoms with E-state index < -0.39 is 16.6 Å². The van der Waals surface area contributed by atoms with Crippen molar-refractivity contribution in [1.29, 1.82) is 0 Å². The number of sulfonamides is 1. The lowest BCUT2D eigenvalue weighted by Crippen LogP contribution is -2.36. The lowest BCUT2D eigenvalue weighted by Gasteiger charge is -2.35. The summed E-state index contributed by atoms with van der Waals surface area (Å²) in [6.45, 7) is 4.03. The summed E-state index contributed by atoms with van der Waals surface area (Å²) < 4.78 is 27.1. The molecule has 0 unspecified atom stereocenters. The van der Waals surface area contributed by atoms with Crippen molar-refractivity contribution in [3.8, 4) is 0 Å². The molecule has 2 aliphatic heterocycles. The molecular formula is C27H36N6O4S. The molecule has 2 atom stereocenters. The van der Waals surface area contributed by atoms with Crippen LogP contribution in [0.2, 0.25) is 0 Å². The number of aliphatic hydroxyl groups is 1. The molecule has 1 amide bonds. The number of nitrogens with zero attached hydrogens (tertiary/aromatic N) is 4. The Kier molecular flexibility index (Phi) is 6.46. The van der Waals surface area contributed by atoms with E-state index in [0.29, 0.717) is 40.2 Å². The minimum absolute atomic E-state index is 0.288. The fourth-order valence-corrected chi connectivity index (χ4v) is 6.92. The molecule has 1 spiro atoms. The predicted molar refractivity (Wildman–Crippen MR) is 147 cm³/mol. The van der Waals surface area contributed by atoms with Crippen LogP contribution in [-0.2, 0) is 10.0 Å². The first-order valence-corrected chi connectivity index (χ1v) is 15.3. The Balaban J connectivity index is 1.26. The number of hydrogen-bond acceptors (Lipinski definition) is 8. The molecule has 4 aliphatic rings. The van der Waals surface area contributed by atoms with E-state index in [2.05, 4.69) is 24.8 Å². The molecule has 2 saturated carbocycles. The lowest BCUT2D eigenvalue weighted by atomic mass is 9.93. The number of fused-ring (bicyclic) bond motifs is 1. The van der Waals surface area contributed by atoms with Crippen molar-refractivity contribution < 1.29 is 18.3 Å². The number of rotatable bonds is 8. The zero-order valence-corrected chi connectivity index (χ0v) is 22.6. The number of carbonyl (C=O) groups is 1. The van der Waals surface area contributed by atoms with Gasteiger partial charge in [-0.25, -0.2) is 13.4 Å². The largest absolute Gasteiger partial charge is 0.395 e. The number of aliphatic hydroxyl groups excluding tert-OH is 1. The van der Waals surface area contributed by atoms with Gasteiger partial charge >= 0.3 is 0 Å². The minimum atomic E-state index is -3.68. The summed E-state index contributed by atoms with van der Waals surface area (Å²) in [6.07, 6.45) is 8.26. The molecule has 3 N–H and O–H groups in total. The van der Waals surface area contributed by atoms with Gasteiger partial charge in [0.1, 0.15) is 5.82 Å². The fourth-order valence-electron chi connectivity index (χ4n) is 6.09. The van der Waals surface area contributed by atoms with Crippen LogP contribution in [0, 0.1) is 18.3 Å². The van der Waals surface area contributed by atoms with E-state index in [-0.39, 0.29) is 11.7 Å². The van der Waals surface area contributed by atoms with Crippen LogP contribution in [0.15, 0.2) is 24.3 Å². The third-order valence-electron chi connectivity index (χ3n) is 8.60. The number of carbonyl (C=O) groups excluding carboxylic acids is 1. The van der Waals surface area contributed by atoms with E-state index in [1.54, 1.807) is 24.3 Å². The van der Waals surface area contributed by atoms with Gasteiger partial charge in [-0.3, -0.25) is 9.52 Å². The van der Waals surface area contributed by atoms with Crippen LogP contribution in [0.5, 0.6) is 0 Å². The molecule has 4 fully saturated rings. The molecule has 0 bridgehead atoms. The second-order valence-electron chi connectivity index (χ2n) is 11.4. The predicted octanol–water partition coefficient (Wildman–Crippen LogP) is 3.14. The summed E-state index contributed by atoms with van der Waals surface area (Å²) in [5, 5.41) is 12.1. The van der Waals surface area contributed by atoms with Crippen LogP contribution in [0.25, 0.3) is 0 Å². The van der Waals surface area contributed by atoms with Gasteiger partial charge in [-0.2, -0.15) is 4.98 Å². The van der Waals surface area contributed by atoms with E-state index in [9.17, 15) is 13.2 Å². The third-order valence-corrected chi connectivity index (χ3v) is 9.86. The number of nitrogens with one attached hydrogen (secondary N) is 2. The third kappa shape index (κ3) is 5.31. The zero-order chi connectivity index (χ0) is 26.5. The summed E-state index contributed by atoms with van der Waals surface area (Å²) in [5.41, 5.74) is 2.81. The highest BCUT2D eigenvalue weighted by atomic mass is 32.2. The highest BCUT2D eigenvalue weighted by Gasteiger charge is 2.46. The molecule has 3 heterocycles. The molecule has 11 heteroatoms. The molecule has 6 rings (SSSR count). The van der Waals surface area contributed by atoms with E-state index in [1.165, 1.54) is 25.7 Å². The number of benzene rings is 1. The maximum absolute atomic E-state index is 13.6. The molecule has 38 heavy (non-hydrogen) atoms. The first kappa shape index (κ1) is 25.4. The number of piperidine rings is 2. The van der Waals surface area contributed by atoms with Gasteiger partial charge < -0.3 is 20.2 Å². The van der Waals surface area contributed by atoms with Gasteiger partial charge in [0.25, 0.3) is 5.91 Å². The molecule has 1 aromatic carbocycles. The Morgan fingerprint density at radius 1 is 1.13 bits per heavy atom. The summed E-state index contributed by atoms with van der Waals surface area (Å²) in [6, 6.07) is 7.28. The van der Waals surface area contributed by atoms with E-state index in [1.807, 2.05) is 6.92 Å². The summed E-state index contributed by atoms with van der Waals surface area (Å²) in [5.74, 6) is 1.20. The van der Waals surface area contributed by atoms with Crippen molar-refractivity contribution in [3.05, 3.63) is 35.5 Å². The van der Waals surface area contributed by atoms with Crippen molar-refractivity contribution in [2.75, 3.05) is 51.8 Å². The standard InChI is InChI=1S/C27H36N6O4S/c1-18-15-24(30-26(28-18)33-10-2-3-19-16-22(19)33)29-25(35)21-5-4-20(31-38(36,37)14-13-34)17-23(21)32-11-8-27(6-7-27)9-12-32/h4-5,15,17,19,22,31,34H,2-3,6-14,16H2,1H3,(H,28,29,30,35)/t19-,22+/m1/s1. The smallest absolute Gasteiger partial charge is 0.258 e. The average Bonchev–Trinajstić information content (AvgIpc) is 3.80. The van der Waals surface area contributed by atoms with Gasteiger partial charge in [0.05, 0.1) is 29.3 Å². The first-order valence-electron chi connectivity index (χ1n) is 13.7. The molecule has 10 nitrogen and oxygen atoms in total. The number of hydrogen-bond donors (Lipinski definition) is 3. The maximum Gasteiger partial charge on any atom is 0.258 e. The second kappa shape index (κ2) is 9.68. The molecule has 0 radical (unpaired) electrons. The molecule has 2 aromatic rings. The summed E-state index contributed by atoms with van der Waals surface area (Å²) in [4.78, 5) is 27.4. The Hall–Kier alpha value is -2.92. The molecule has 2 saturated heterocycles. The molecular weight excluding hydrogens is 504 g/mol. The van der Waals surface area contributed by atoms with Crippen molar-refractivity contribution in [2.45, 2.75) is 57.9 Å². The highest BCUT2D eigenvalue weighted by Crippen LogP contribution is 2.54. The van der Waals surface area contributed by atoms with E-state index in [4.69, 9.17) is 10.1 Å². The van der Waals surface area contributed by atoms with Crippen molar-refractivity contribution in [2.24, 2.45) is 11.3 Å². The highest BCUT2D eigenvalue weighted by molar-refractivity contribution is 7.92. The van der Waals surface area contributed by atoms with Crippen LogP contribution in [0.1, 0.15) is 61.0 Å². The van der Waals surface area contributed by atoms with Gasteiger partial charge in [0.15, 0.2) is 0 Å². The normalized spacial score (nSPS) is 23.6. The second-order valence-corrected chi connectivity index (χ2v) is 13.3. The van der Waals surface area contributed by atoms with Crippen LogP contribution in [0.4, 0.5) is 23.1 Å². The molecule has 204 valence electrons. The van der Waals surface area contributed by atoms with Crippen molar-refractivity contribution >= 4 is 39.1 Å². The Morgan fingerprint density at radius 2 is 1.92 bits per heavy atom. The van der Waals surface area contributed by atoms with Crippen LogP contribution < -0.4 is 19.8 Å². The first-order chi connectivity index (χ1) is 18.2. The van der Waals surface area contributed by atoms with Crippen molar-refractivity contribution in [1.82, 2.24) is 9.97 Å². The van der Waals surface area contributed by atoms with Crippen LogP contribution in [-0.4, -0.2) is 67.4 Å². The van der Waals surface area contributed by atoms with Gasteiger partial charge in [-0.05, 0) is 81.4 Å². The van der Waals surface area contributed by atoms with E-state index >= 15 is 0 Å². The zero-order valence-electron chi connectivity index (χ0n) is 21.8. The minimum Gasteiger partial charge on any atom is -0.395 e. The van der Waals surface area contributed by atoms with E-state index in [0.717, 1.165) is 50.5 Å². The van der Waals surface area contributed by atoms with Gasteiger partial charge in [-0.1, -0.05) is 0 Å². The maximum atomic E-state index is 13.6. The number of aryl methyl sites for hydroxylation is 1. The van der Waals surface area contributed by atoms with Crippen LogP contribution >= 0.6 is 0 Å². The molecule has 2 aliphatic carbocycles. The Morgan fingerprint density at radius 3 is 2.66 bits per heavy atom.